The first-order valence-electron chi connectivity index (χ1n) is 5.93. The van der Waals surface area contributed by atoms with Gasteiger partial charge in [0.05, 0.1) is 17.4 Å². The number of hydrogen-bond acceptors (Lipinski definition) is 4. The molecule has 1 atom stereocenters. The van der Waals surface area contributed by atoms with Crippen molar-refractivity contribution in [2.75, 3.05) is 5.75 Å². The maximum atomic E-state index is 11.8. The van der Waals surface area contributed by atoms with Crippen molar-refractivity contribution in [1.82, 2.24) is 4.72 Å². The van der Waals surface area contributed by atoms with E-state index in [0.29, 0.717) is 5.56 Å². The van der Waals surface area contributed by atoms with E-state index in [4.69, 9.17) is 5.26 Å². The molecule has 5 nitrogen and oxygen atoms in total. The Kier molecular flexibility index (Phi) is 5.07. The summed E-state index contributed by atoms with van der Waals surface area (Å²) in [6.07, 6.45) is 0.728. The van der Waals surface area contributed by atoms with Crippen molar-refractivity contribution in [1.29, 1.82) is 5.26 Å². The van der Waals surface area contributed by atoms with Gasteiger partial charge in [-0.2, -0.15) is 5.26 Å². The first-order valence-corrected chi connectivity index (χ1v) is 7.58. The molecule has 1 aromatic rings. The quantitative estimate of drug-likeness (QED) is 0.888. The molecule has 1 aromatic carbocycles. The average Bonchev–Trinajstić information content (AvgIpc) is 2.37. The molecule has 0 spiro atoms. The number of nitriles is 1. The second kappa shape index (κ2) is 6.34. The van der Waals surface area contributed by atoms with E-state index in [1.165, 1.54) is 24.3 Å². The van der Waals surface area contributed by atoms with E-state index in [2.05, 4.69) is 0 Å². The third-order valence-corrected chi connectivity index (χ3v) is 4.23. The van der Waals surface area contributed by atoms with E-state index in [9.17, 15) is 13.2 Å². The topological polar surface area (TPSA) is 87.0 Å². The molecule has 6 heteroatoms. The van der Waals surface area contributed by atoms with Crippen LogP contribution >= 0.6 is 0 Å². The van der Waals surface area contributed by atoms with Gasteiger partial charge in [-0.15, -0.1) is 0 Å². The van der Waals surface area contributed by atoms with Crippen LogP contribution in [0.3, 0.4) is 0 Å². The fourth-order valence-corrected chi connectivity index (χ4v) is 2.90. The van der Waals surface area contributed by atoms with Crippen LogP contribution in [0, 0.1) is 17.2 Å². The van der Waals surface area contributed by atoms with Gasteiger partial charge >= 0.3 is 0 Å². The standard InChI is InChI=1S/C13H16N2O3S/c1-3-10(2)9-19(17,18)15-13(16)12-6-4-11(8-14)5-7-12/h4-7,10H,3,9H2,1-2H3,(H,15,16). The Labute approximate surface area is 113 Å². The number of rotatable bonds is 5. The Morgan fingerprint density at radius 3 is 2.42 bits per heavy atom. The zero-order chi connectivity index (χ0) is 14.5. The Hall–Kier alpha value is -1.87. The van der Waals surface area contributed by atoms with Crippen molar-refractivity contribution in [3.63, 3.8) is 0 Å². The SMILES string of the molecule is CCC(C)CS(=O)(=O)NC(=O)c1ccc(C#N)cc1. The fraction of sp³-hybridized carbons (Fsp3) is 0.385. The van der Waals surface area contributed by atoms with Crippen molar-refractivity contribution in [3.05, 3.63) is 35.4 Å². The zero-order valence-corrected chi connectivity index (χ0v) is 11.7. The number of nitrogens with one attached hydrogen (secondary N) is 1. The summed E-state index contributed by atoms with van der Waals surface area (Å²) in [5.74, 6) is -0.759. The first kappa shape index (κ1) is 15.2. The molecule has 1 rings (SSSR count). The second-order valence-electron chi connectivity index (χ2n) is 4.42. The minimum Gasteiger partial charge on any atom is -0.268 e. The molecule has 0 saturated heterocycles. The summed E-state index contributed by atoms with van der Waals surface area (Å²) in [5, 5.41) is 8.63. The number of benzene rings is 1. The lowest BCUT2D eigenvalue weighted by Crippen LogP contribution is -2.34. The van der Waals surface area contributed by atoms with Gasteiger partial charge in [-0.1, -0.05) is 20.3 Å². The number of sulfonamides is 1. The van der Waals surface area contributed by atoms with Crippen LogP contribution in [0.25, 0.3) is 0 Å². The minimum absolute atomic E-state index is 0.00809. The molecule has 0 aliphatic rings. The molecule has 0 bridgehead atoms. The van der Waals surface area contributed by atoms with Gasteiger partial charge in [0.2, 0.25) is 10.0 Å². The maximum Gasteiger partial charge on any atom is 0.264 e. The molecule has 0 radical (unpaired) electrons. The van der Waals surface area contributed by atoms with E-state index < -0.39 is 15.9 Å². The van der Waals surface area contributed by atoms with Crippen LogP contribution in [0.5, 0.6) is 0 Å². The van der Waals surface area contributed by atoms with E-state index in [-0.39, 0.29) is 17.2 Å². The predicted molar refractivity (Wildman–Crippen MR) is 71.9 cm³/mol. The van der Waals surface area contributed by atoms with Gasteiger partial charge in [0.25, 0.3) is 5.91 Å². The van der Waals surface area contributed by atoms with Crippen molar-refractivity contribution in [2.24, 2.45) is 5.92 Å². The van der Waals surface area contributed by atoms with Crippen LogP contribution in [-0.4, -0.2) is 20.1 Å². The number of hydrogen-bond donors (Lipinski definition) is 1. The van der Waals surface area contributed by atoms with Crippen LogP contribution in [0.15, 0.2) is 24.3 Å². The third kappa shape index (κ3) is 4.72. The highest BCUT2D eigenvalue weighted by atomic mass is 32.2. The molecule has 0 aliphatic heterocycles. The Morgan fingerprint density at radius 1 is 1.37 bits per heavy atom. The molecule has 102 valence electrons. The monoisotopic (exact) mass is 280 g/mol. The van der Waals surface area contributed by atoms with Crippen LogP contribution in [0.2, 0.25) is 0 Å². The van der Waals surface area contributed by atoms with Gasteiger partial charge in [-0.3, -0.25) is 4.79 Å². The van der Waals surface area contributed by atoms with Crippen LogP contribution in [0.4, 0.5) is 0 Å². The minimum atomic E-state index is -3.62. The predicted octanol–water partition coefficient (Wildman–Crippen LogP) is 1.66. The number of carbonyl (C=O) groups is 1. The summed E-state index contributed by atoms with van der Waals surface area (Å²) in [6, 6.07) is 7.71. The van der Waals surface area contributed by atoms with E-state index in [1.54, 1.807) is 0 Å². The summed E-state index contributed by atoms with van der Waals surface area (Å²) in [6.45, 7) is 3.70. The van der Waals surface area contributed by atoms with Crippen molar-refractivity contribution < 1.29 is 13.2 Å². The Morgan fingerprint density at radius 2 is 1.95 bits per heavy atom. The molecular weight excluding hydrogens is 264 g/mol. The lowest BCUT2D eigenvalue weighted by atomic mass is 10.1. The lowest BCUT2D eigenvalue weighted by molar-refractivity contribution is 0.0981. The third-order valence-electron chi connectivity index (χ3n) is 2.73. The zero-order valence-electron chi connectivity index (χ0n) is 10.9. The average molecular weight is 280 g/mol. The summed E-state index contributed by atoms with van der Waals surface area (Å²) in [5.41, 5.74) is 0.630. The molecule has 0 aliphatic carbocycles. The summed E-state index contributed by atoms with van der Waals surface area (Å²) in [7, 11) is -3.62. The number of amides is 1. The van der Waals surface area contributed by atoms with Gasteiger partial charge in [-0.05, 0) is 30.2 Å². The molecule has 0 saturated carbocycles. The van der Waals surface area contributed by atoms with Crippen molar-refractivity contribution in [2.45, 2.75) is 20.3 Å². The molecule has 1 amide bonds. The Balaban J connectivity index is 2.76. The molecule has 0 heterocycles. The Bertz CT molecular complexity index is 585. The largest absolute Gasteiger partial charge is 0.268 e. The number of nitrogens with zero attached hydrogens (tertiary/aromatic N) is 1. The van der Waals surface area contributed by atoms with Gasteiger partial charge in [0.15, 0.2) is 0 Å². The first-order chi connectivity index (χ1) is 8.88. The summed E-state index contributed by atoms with van der Waals surface area (Å²) in [4.78, 5) is 11.8. The smallest absolute Gasteiger partial charge is 0.264 e. The fourth-order valence-electron chi connectivity index (χ4n) is 1.43. The molecule has 19 heavy (non-hydrogen) atoms. The van der Waals surface area contributed by atoms with Crippen molar-refractivity contribution in [3.8, 4) is 6.07 Å². The van der Waals surface area contributed by atoms with Crippen LogP contribution in [-0.2, 0) is 10.0 Å². The summed E-state index contributed by atoms with van der Waals surface area (Å²) >= 11 is 0. The second-order valence-corrected chi connectivity index (χ2v) is 6.18. The highest BCUT2D eigenvalue weighted by Gasteiger charge is 2.18. The van der Waals surface area contributed by atoms with Gasteiger partial charge in [0.1, 0.15) is 0 Å². The maximum absolute atomic E-state index is 11.8. The lowest BCUT2D eigenvalue weighted by Gasteiger charge is -2.10. The van der Waals surface area contributed by atoms with Gasteiger partial charge in [-0.25, -0.2) is 13.1 Å². The summed E-state index contributed by atoms with van der Waals surface area (Å²) < 4.78 is 25.5. The highest BCUT2D eigenvalue weighted by molar-refractivity contribution is 7.90. The van der Waals surface area contributed by atoms with Gasteiger partial charge in [0, 0.05) is 5.56 Å². The molecule has 0 fully saturated rings. The molecule has 1 N–H and O–H groups in total. The molecule has 1 unspecified atom stereocenters. The molecule has 0 aromatic heterocycles. The van der Waals surface area contributed by atoms with Crippen LogP contribution in [0.1, 0.15) is 36.2 Å². The van der Waals surface area contributed by atoms with Crippen LogP contribution < -0.4 is 4.72 Å². The van der Waals surface area contributed by atoms with E-state index in [1.807, 2.05) is 24.6 Å². The van der Waals surface area contributed by atoms with E-state index in [0.717, 1.165) is 6.42 Å². The van der Waals surface area contributed by atoms with Crippen molar-refractivity contribution >= 4 is 15.9 Å². The highest BCUT2D eigenvalue weighted by Crippen LogP contribution is 2.07. The van der Waals surface area contributed by atoms with Gasteiger partial charge < -0.3 is 0 Å². The normalized spacial score (nSPS) is 12.5. The molecular formula is C13H16N2O3S. The van der Waals surface area contributed by atoms with E-state index >= 15 is 0 Å². The number of carbonyl (C=O) groups excluding carboxylic acids is 1.